The van der Waals surface area contributed by atoms with Crippen LogP contribution in [0.1, 0.15) is 0 Å². The van der Waals surface area contributed by atoms with Crippen LogP contribution in [0.5, 0.6) is 0 Å². The standard InChI is InChI=1S/C54H32N4O/c1-3-15-33(16-4-1)52-56-53(34-17-5-2-6-18-34)58-54(57-52)37-20-13-19-36(31-37)50-49-44-25-11-12-28-47(44)59-51(49)48-38(26-14-27-46(48)55-50)35-29-30-43-41-23-8-7-21-39(41)40-22-9-10-24-42(40)45(43)32-35/h1-32H. The predicted octanol–water partition coefficient (Wildman–Crippen LogP) is 14.1. The summed E-state index contributed by atoms with van der Waals surface area (Å²) >= 11 is 0. The number of furan rings is 1. The maximum atomic E-state index is 6.88. The van der Waals surface area contributed by atoms with E-state index in [1.54, 1.807) is 0 Å². The van der Waals surface area contributed by atoms with Gasteiger partial charge in [-0.3, -0.25) is 0 Å². The van der Waals surface area contributed by atoms with Crippen molar-refractivity contribution in [1.82, 2.24) is 19.9 Å². The van der Waals surface area contributed by atoms with E-state index in [-0.39, 0.29) is 0 Å². The van der Waals surface area contributed by atoms with Crippen LogP contribution in [0.4, 0.5) is 0 Å². The molecule has 59 heavy (non-hydrogen) atoms. The predicted molar refractivity (Wildman–Crippen MR) is 242 cm³/mol. The zero-order chi connectivity index (χ0) is 38.9. The molecule has 0 atom stereocenters. The highest BCUT2D eigenvalue weighted by atomic mass is 16.3. The summed E-state index contributed by atoms with van der Waals surface area (Å²) in [5.41, 5.74) is 9.18. The van der Waals surface area contributed by atoms with Gasteiger partial charge in [-0.2, -0.15) is 0 Å². The van der Waals surface area contributed by atoms with E-state index in [0.29, 0.717) is 17.5 Å². The molecule has 0 aliphatic rings. The molecule has 9 aromatic carbocycles. The fraction of sp³-hybridized carbons (Fsp3) is 0. The van der Waals surface area contributed by atoms with Gasteiger partial charge in [-0.15, -0.1) is 0 Å². The Kier molecular flexibility index (Phi) is 7.47. The molecule has 0 saturated carbocycles. The molecular weight excluding hydrogens is 721 g/mol. The van der Waals surface area contributed by atoms with Crippen LogP contribution in [0, 0.1) is 0 Å². The Morgan fingerprint density at radius 3 is 1.47 bits per heavy atom. The molecule has 3 heterocycles. The number of fused-ring (bicyclic) bond motifs is 11. The number of hydrogen-bond acceptors (Lipinski definition) is 5. The topological polar surface area (TPSA) is 64.7 Å². The molecule has 0 radical (unpaired) electrons. The van der Waals surface area contributed by atoms with Crippen molar-refractivity contribution in [2.24, 2.45) is 0 Å². The van der Waals surface area contributed by atoms with E-state index in [2.05, 4.69) is 121 Å². The highest BCUT2D eigenvalue weighted by molar-refractivity contribution is 6.27. The van der Waals surface area contributed by atoms with Gasteiger partial charge in [-0.05, 0) is 67.7 Å². The van der Waals surface area contributed by atoms with E-state index in [4.69, 9.17) is 24.4 Å². The van der Waals surface area contributed by atoms with Crippen molar-refractivity contribution >= 4 is 65.2 Å². The quantitative estimate of drug-likeness (QED) is 0.164. The van der Waals surface area contributed by atoms with Gasteiger partial charge in [0.2, 0.25) is 0 Å². The largest absolute Gasteiger partial charge is 0.455 e. The lowest BCUT2D eigenvalue weighted by Gasteiger charge is -2.14. The number of pyridine rings is 1. The molecule has 0 saturated heterocycles. The smallest absolute Gasteiger partial charge is 0.164 e. The Hall–Kier alpha value is -8.02. The van der Waals surface area contributed by atoms with Gasteiger partial charge in [-0.1, -0.05) is 170 Å². The zero-order valence-electron chi connectivity index (χ0n) is 31.7. The summed E-state index contributed by atoms with van der Waals surface area (Å²) in [5.74, 6) is 1.83. The Morgan fingerprint density at radius 1 is 0.305 bits per heavy atom. The SMILES string of the molecule is c1ccc(-c2nc(-c3ccccc3)nc(-c3cccc(-c4nc5cccc(-c6ccc7c8ccccc8c8ccccc8c7c6)c5c5oc6ccccc6c45)c3)n2)cc1. The van der Waals surface area contributed by atoms with Crippen molar-refractivity contribution in [3.8, 4) is 56.5 Å². The average Bonchev–Trinajstić information content (AvgIpc) is 3.71. The monoisotopic (exact) mass is 752 g/mol. The Bertz CT molecular complexity index is 3520. The first kappa shape index (κ1) is 33.2. The summed E-state index contributed by atoms with van der Waals surface area (Å²) in [5, 5.41) is 10.4. The summed E-state index contributed by atoms with van der Waals surface area (Å²) in [6, 6.07) is 67.4. The molecule has 274 valence electrons. The summed E-state index contributed by atoms with van der Waals surface area (Å²) < 4.78 is 6.88. The van der Waals surface area contributed by atoms with E-state index >= 15 is 0 Å². The van der Waals surface area contributed by atoms with Gasteiger partial charge >= 0.3 is 0 Å². The van der Waals surface area contributed by atoms with Gasteiger partial charge in [-0.25, -0.2) is 19.9 Å². The van der Waals surface area contributed by atoms with Crippen molar-refractivity contribution in [1.29, 1.82) is 0 Å². The maximum Gasteiger partial charge on any atom is 0.164 e. The minimum absolute atomic E-state index is 0.590. The summed E-state index contributed by atoms with van der Waals surface area (Å²) in [4.78, 5) is 20.5. The van der Waals surface area contributed by atoms with Crippen LogP contribution in [-0.4, -0.2) is 19.9 Å². The maximum absolute atomic E-state index is 6.88. The number of nitrogens with zero attached hydrogens (tertiary/aromatic N) is 4. The Morgan fingerprint density at radius 2 is 0.814 bits per heavy atom. The lowest BCUT2D eigenvalue weighted by Crippen LogP contribution is -2.00. The van der Waals surface area contributed by atoms with Crippen molar-refractivity contribution < 1.29 is 4.42 Å². The number of hydrogen-bond donors (Lipinski definition) is 0. The third-order valence-electron chi connectivity index (χ3n) is 11.5. The lowest BCUT2D eigenvalue weighted by atomic mass is 9.91. The second-order valence-corrected chi connectivity index (χ2v) is 14.9. The molecule has 0 N–H and O–H groups in total. The van der Waals surface area contributed by atoms with Crippen LogP contribution in [0.3, 0.4) is 0 Å². The second-order valence-electron chi connectivity index (χ2n) is 14.9. The summed E-state index contributed by atoms with van der Waals surface area (Å²) in [6.45, 7) is 0. The second kappa shape index (κ2) is 13.3. The number of rotatable bonds is 5. The van der Waals surface area contributed by atoms with Gasteiger partial charge in [0.25, 0.3) is 0 Å². The van der Waals surface area contributed by atoms with Crippen molar-refractivity contribution in [3.05, 3.63) is 194 Å². The molecule has 12 rings (SSSR count). The average molecular weight is 753 g/mol. The zero-order valence-corrected chi connectivity index (χ0v) is 31.7. The molecule has 0 fully saturated rings. The van der Waals surface area contributed by atoms with E-state index in [1.165, 1.54) is 32.3 Å². The van der Waals surface area contributed by atoms with Crippen LogP contribution in [0.15, 0.2) is 199 Å². The molecule has 0 bridgehead atoms. The van der Waals surface area contributed by atoms with Crippen LogP contribution < -0.4 is 0 Å². The first-order valence-corrected chi connectivity index (χ1v) is 19.8. The van der Waals surface area contributed by atoms with Crippen molar-refractivity contribution in [2.75, 3.05) is 0 Å². The minimum Gasteiger partial charge on any atom is -0.455 e. The highest BCUT2D eigenvalue weighted by Gasteiger charge is 2.22. The van der Waals surface area contributed by atoms with Gasteiger partial charge in [0, 0.05) is 27.6 Å². The molecule has 3 aromatic heterocycles. The van der Waals surface area contributed by atoms with Crippen LogP contribution in [0.2, 0.25) is 0 Å². The van der Waals surface area contributed by atoms with Crippen molar-refractivity contribution in [3.63, 3.8) is 0 Å². The van der Waals surface area contributed by atoms with Gasteiger partial charge < -0.3 is 4.42 Å². The Labute approximate surface area is 338 Å². The van der Waals surface area contributed by atoms with Crippen LogP contribution in [0.25, 0.3) is 122 Å². The number of para-hydroxylation sites is 1. The fourth-order valence-corrected chi connectivity index (χ4v) is 8.77. The first-order valence-electron chi connectivity index (χ1n) is 19.8. The summed E-state index contributed by atoms with van der Waals surface area (Å²) in [7, 11) is 0. The number of aromatic nitrogens is 4. The third-order valence-corrected chi connectivity index (χ3v) is 11.5. The van der Waals surface area contributed by atoms with E-state index in [0.717, 1.165) is 71.9 Å². The van der Waals surface area contributed by atoms with Gasteiger partial charge in [0.15, 0.2) is 17.5 Å². The molecule has 5 heteroatoms. The summed E-state index contributed by atoms with van der Waals surface area (Å²) in [6.07, 6.45) is 0. The minimum atomic E-state index is 0.590. The molecule has 0 aliphatic heterocycles. The molecule has 0 amide bonds. The molecule has 5 nitrogen and oxygen atoms in total. The van der Waals surface area contributed by atoms with E-state index in [1.807, 2.05) is 72.8 Å². The normalized spacial score (nSPS) is 11.7. The third kappa shape index (κ3) is 5.40. The molecule has 0 unspecified atom stereocenters. The van der Waals surface area contributed by atoms with Gasteiger partial charge in [0.05, 0.1) is 22.0 Å². The fourth-order valence-electron chi connectivity index (χ4n) is 8.77. The Balaban J connectivity index is 1.07. The van der Waals surface area contributed by atoms with E-state index in [9.17, 15) is 0 Å². The highest BCUT2D eigenvalue weighted by Crippen LogP contribution is 2.44. The van der Waals surface area contributed by atoms with Crippen LogP contribution >= 0.6 is 0 Å². The molecular formula is C54H32N4O. The van der Waals surface area contributed by atoms with Crippen molar-refractivity contribution in [2.45, 2.75) is 0 Å². The molecule has 0 aliphatic carbocycles. The molecule has 12 aromatic rings. The molecule has 0 spiro atoms. The first-order chi connectivity index (χ1) is 29.2. The van der Waals surface area contributed by atoms with Crippen LogP contribution in [-0.2, 0) is 0 Å². The van der Waals surface area contributed by atoms with Gasteiger partial charge in [0.1, 0.15) is 11.2 Å². The number of benzene rings is 9. The van der Waals surface area contributed by atoms with E-state index < -0.39 is 0 Å². The lowest BCUT2D eigenvalue weighted by molar-refractivity contribution is 0.672.